The summed E-state index contributed by atoms with van der Waals surface area (Å²) >= 11 is 13.3. The number of rotatable bonds is 14. The summed E-state index contributed by atoms with van der Waals surface area (Å²) in [5, 5.41) is 9.83. The number of hydrogen-bond donors (Lipinski definition) is 2. The third-order valence-corrected chi connectivity index (χ3v) is 18.4. The van der Waals surface area contributed by atoms with E-state index in [1.807, 2.05) is 42.6 Å². The van der Waals surface area contributed by atoms with Gasteiger partial charge in [0, 0.05) is 103 Å². The van der Waals surface area contributed by atoms with Crippen LogP contribution in [0.5, 0.6) is 11.5 Å². The Labute approximate surface area is 432 Å². The third-order valence-electron chi connectivity index (χ3n) is 17.9. The Kier molecular flexibility index (Phi) is 14.4. The molecule has 4 saturated heterocycles. The Bertz CT molecular complexity index is 2670. The topological polar surface area (TPSA) is 90.4 Å². The number of likely N-dealkylation sites (tertiary alicyclic amines) is 2. The molecule has 4 aromatic carbocycles. The van der Waals surface area contributed by atoms with Crippen LogP contribution in [0.25, 0.3) is 11.3 Å². The summed E-state index contributed by atoms with van der Waals surface area (Å²) in [6.45, 7) is 9.72. The highest BCUT2D eigenvalue weighted by atomic mass is 35.5. The van der Waals surface area contributed by atoms with E-state index >= 15 is 4.79 Å². The molecule has 10 rings (SSSR count). The Hall–Kier alpha value is -4.14. The van der Waals surface area contributed by atoms with E-state index in [9.17, 15) is 0 Å². The number of piperidine rings is 1. The highest BCUT2D eigenvalue weighted by Gasteiger charge is 2.77. The smallest absolute Gasteiger partial charge is 0.153 e. The lowest BCUT2D eigenvalue weighted by molar-refractivity contribution is -0.154. The number of aromatic nitrogens is 2. The van der Waals surface area contributed by atoms with Crippen molar-refractivity contribution in [2.24, 2.45) is 23.8 Å². The van der Waals surface area contributed by atoms with Crippen molar-refractivity contribution in [2.45, 2.75) is 120 Å². The Morgan fingerprint density at radius 2 is 1.58 bits per heavy atom. The number of benzene rings is 4. The van der Waals surface area contributed by atoms with Crippen LogP contribution in [0, 0.1) is 16.7 Å². The summed E-state index contributed by atoms with van der Waals surface area (Å²) in [5.74, 6) is 3.12. The Morgan fingerprint density at radius 3 is 2.28 bits per heavy atom. The van der Waals surface area contributed by atoms with Crippen molar-refractivity contribution in [1.82, 2.24) is 39.8 Å². The second-order valence-corrected chi connectivity index (χ2v) is 22.8. The van der Waals surface area contributed by atoms with E-state index < -0.39 is 10.8 Å². The van der Waals surface area contributed by atoms with Crippen molar-refractivity contribution < 1.29 is 14.3 Å². The van der Waals surface area contributed by atoms with Gasteiger partial charge in [-0.25, -0.2) is 4.98 Å². The minimum absolute atomic E-state index is 0.000596. The third kappa shape index (κ3) is 8.78. The van der Waals surface area contributed by atoms with E-state index in [-0.39, 0.29) is 60.3 Å². The van der Waals surface area contributed by atoms with Crippen molar-refractivity contribution in [3.63, 3.8) is 0 Å². The number of methoxy groups -OCH3 is 1. The maximum Gasteiger partial charge on any atom is 0.153 e. The van der Waals surface area contributed by atoms with Gasteiger partial charge in [-0.2, -0.15) is 0 Å². The van der Waals surface area contributed by atoms with Crippen molar-refractivity contribution in [2.75, 3.05) is 48.5 Å². The second-order valence-electron chi connectivity index (χ2n) is 22.0. The predicted molar refractivity (Wildman–Crippen MR) is 285 cm³/mol. The molecule has 11 nitrogen and oxygen atoms in total. The molecule has 1 spiro atoms. The molecule has 5 aromatic rings. The molecule has 1 aliphatic carbocycles. The molecule has 71 heavy (non-hydrogen) atoms. The average molecular weight is 1000 g/mol. The van der Waals surface area contributed by atoms with Crippen LogP contribution in [0.15, 0.2) is 103 Å². The van der Waals surface area contributed by atoms with Crippen LogP contribution in [0.4, 0.5) is 0 Å². The van der Waals surface area contributed by atoms with Gasteiger partial charge >= 0.3 is 0 Å². The quantitative estimate of drug-likeness (QED) is 0.112. The molecule has 0 radical (unpaired) electrons. The summed E-state index contributed by atoms with van der Waals surface area (Å²) < 4.78 is 15.2. The number of ketones is 1. The molecule has 5 fully saturated rings. The number of carbonyl (C=O) groups excluding carboxylic acids is 1. The number of ether oxygens (including phenoxy) is 2. The van der Waals surface area contributed by atoms with Gasteiger partial charge in [0.2, 0.25) is 0 Å². The SMILES string of the molecule is CCC12C(=O)C34C5C[C@H](Cc6ccc(Cl)cc6)N(C)C3[C@@H](COC)NC4[C@H](C)N(Cc3ccc(Cl)cc3Oc3ccc(-c4cnc(CN(C)C)n4C)cc3)C1C[C@@H](Cc1ccccc1)C2N(C)[C@@H](C)CN5. The van der Waals surface area contributed by atoms with E-state index in [4.69, 9.17) is 37.7 Å². The van der Waals surface area contributed by atoms with Gasteiger partial charge in [-0.3, -0.25) is 19.5 Å². The van der Waals surface area contributed by atoms with E-state index in [2.05, 4.69) is 151 Å². The fraction of sp³-hybridized carbons (Fsp3) is 0.517. The highest BCUT2D eigenvalue weighted by molar-refractivity contribution is 6.31. The van der Waals surface area contributed by atoms with E-state index in [1.54, 1.807) is 7.11 Å². The molecular formula is C58H74Cl2N8O3. The Morgan fingerprint density at radius 1 is 0.859 bits per heavy atom. The molecule has 13 heteroatoms. The number of Topliss-reactive ketones (excluding diaryl/α,β-unsaturated/α-hetero) is 1. The van der Waals surface area contributed by atoms with Crippen molar-refractivity contribution in [3.8, 4) is 22.8 Å². The number of halogens is 2. The fourth-order valence-corrected chi connectivity index (χ4v) is 15.0. The lowest BCUT2D eigenvalue weighted by Crippen LogP contribution is -2.73. The summed E-state index contributed by atoms with van der Waals surface area (Å²) in [7, 11) is 12.6. The van der Waals surface area contributed by atoms with Crippen LogP contribution in [0.3, 0.4) is 0 Å². The van der Waals surface area contributed by atoms with Gasteiger partial charge in [-0.15, -0.1) is 0 Å². The summed E-state index contributed by atoms with van der Waals surface area (Å²) in [5.41, 5.74) is 4.24. The zero-order valence-corrected chi connectivity index (χ0v) is 44.6. The Balaban J connectivity index is 1.09. The summed E-state index contributed by atoms with van der Waals surface area (Å²) in [4.78, 5) is 32.2. The largest absolute Gasteiger partial charge is 0.457 e. The van der Waals surface area contributed by atoms with Gasteiger partial charge in [-0.05, 0) is 140 Å². The van der Waals surface area contributed by atoms with Gasteiger partial charge in [-0.1, -0.05) is 78.7 Å². The second kappa shape index (κ2) is 20.3. The number of nitrogens with zero attached hydrogens (tertiary/aromatic N) is 6. The van der Waals surface area contributed by atoms with Crippen molar-refractivity contribution >= 4 is 29.0 Å². The summed E-state index contributed by atoms with van der Waals surface area (Å²) in [6, 6.07) is 33.5. The monoisotopic (exact) mass is 1000 g/mol. The normalized spacial score (nSPS) is 32.1. The maximum atomic E-state index is 17.5. The minimum atomic E-state index is -0.774. The standard InChI is InChI=1S/C58H74Cl2N8O3/c1-10-57-51-28-42(26-38-14-12-11-13-15-38)54(57)65(6)36(2)31-61-50-30-45(27-39-16-21-43(59)22-17-39)66(7)55-47(35-70-9)63-53(58(50,55)56(57)69)37(3)68(51)33-41-18-23-44(60)29-49(41)71-46-24-19-40(20-25-46)48-32-62-52(67(48)8)34-64(4)5/h11-25,29,32,36-37,42,45,47,50-51,53-55,61,63H,10,26-28,30-31,33-35H2,1-9H3/t36-,37-,42+,45-,47+,50?,51?,53?,54?,55?,57?,58?/m0/s1. The zero-order valence-electron chi connectivity index (χ0n) is 43.1. The number of likely N-dealkylation sites (N-methyl/N-ethyl adjacent to an activating group) is 2. The van der Waals surface area contributed by atoms with Crippen molar-refractivity contribution in [1.29, 1.82) is 0 Å². The van der Waals surface area contributed by atoms with Gasteiger partial charge in [0.1, 0.15) is 17.3 Å². The first-order valence-electron chi connectivity index (χ1n) is 25.9. The zero-order chi connectivity index (χ0) is 49.9. The van der Waals surface area contributed by atoms with E-state index in [1.165, 1.54) is 11.1 Å². The minimum Gasteiger partial charge on any atom is -0.457 e. The van der Waals surface area contributed by atoms with Gasteiger partial charge in [0.25, 0.3) is 0 Å². The van der Waals surface area contributed by atoms with Crippen LogP contribution >= 0.6 is 23.2 Å². The average Bonchev–Trinajstić information content (AvgIpc) is 4.00. The van der Waals surface area contributed by atoms with Crippen LogP contribution in [-0.4, -0.2) is 138 Å². The number of imidazole rings is 1. The molecule has 4 aliphatic heterocycles. The van der Waals surface area contributed by atoms with Gasteiger partial charge < -0.3 is 29.6 Å². The number of carbonyl (C=O) groups is 1. The van der Waals surface area contributed by atoms with Crippen LogP contribution in [-0.2, 0) is 42.5 Å². The lowest BCUT2D eigenvalue weighted by atomic mass is 9.54. The first-order chi connectivity index (χ1) is 34.2. The molecule has 12 atom stereocenters. The van der Waals surface area contributed by atoms with E-state index in [0.717, 1.165) is 84.4 Å². The molecular weight excluding hydrogens is 928 g/mol. The molecule has 2 N–H and O–H groups in total. The first kappa shape index (κ1) is 50.4. The first-order valence-corrected chi connectivity index (χ1v) is 26.7. The molecule has 5 aliphatic rings. The molecule has 2 bridgehead atoms. The van der Waals surface area contributed by atoms with Crippen LogP contribution in [0.2, 0.25) is 10.0 Å². The van der Waals surface area contributed by atoms with Gasteiger partial charge in [0.05, 0.1) is 35.9 Å². The lowest BCUT2D eigenvalue weighted by Gasteiger charge is -2.57. The number of hydrogen-bond acceptors (Lipinski definition) is 10. The molecule has 5 heterocycles. The van der Waals surface area contributed by atoms with E-state index in [0.29, 0.717) is 24.0 Å². The van der Waals surface area contributed by atoms with Gasteiger partial charge in [0.15, 0.2) is 5.78 Å². The van der Waals surface area contributed by atoms with Crippen LogP contribution < -0.4 is 15.4 Å². The molecule has 7 unspecified atom stereocenters. The predicted octanol–water partition coefficient (Wildman–Crippen LogP) is 9.00. The maximum absolute atomic E-state index is 17.5. The molecule has 1 aromatic heterocycles. The fourth-order valence-electron chi connectivity index (χ4n) is 14.7. The molecule has 0 amide bonds. The number of nitrogens with one attached hydrogen (secondary N) is 2. The van der Waals surface area contributed by atoms with Crippen LogP contribution in [0.1, 0.15) is 62.5 Å². The highest BCUT2D eigenvalue weighted by Crippen LogP contribution is 2.63. The molecule has 1 saturated carbocycles. The molecule has 378 valence electrons. The summed E-state index contributed by atoms with van der Waals surface area (Å²) in [6.07, 6.45) is 6.19. The van der Waals surface area contributed by atoms with Crippen molar-refractivity contribution in [3.05, 3.63) is 136 Å².